The van der Waals surface area contributed by atoms with Crippen LogP contribution in [0.4, 0.5) is 0 Å². The first-order chi connectivity index (χ1) is 10.6. The Morgan fingerprint density at radius 2 is 1.55 bits per heavy atom. The maximum Gasteiger partial charge on any atom is 0.275 e. The van der Waals surface area contributed by atoms with Crippen molar-refractivity contribution in [1.29, 1.82) is 0 Å². The molecule has 0 fully saturated rings. The summed E-state index contributed by atoms with van der Waals surface area (Å²) < 4.78 is 11.1. The van der Waals surface area contributed by atoms with Crippen LogP contribution in [0.3, 0.4) is 0 Å². The van der Waals surface area contributed by atoms with Crippen LogP contribution in [0.15, 0.2) is 60.3 Å². The Hall–Kier alpha value is -1.28. The molecule has 0 aliphatic carbocycles. The Bertz CT molecular complexity index is 600. The molecule has 0 heterocycles. The summed E-state index contributed by atoms with van der Waals surface area (Å²) >= 11 is 5.97. The van der Waals surface area contributed by atoms with E-state index in [2.05, 4.69) is 24.9 Å². The van der Waals surface area contributed by atoms with Crippen LogP contribution in [0, 0.1) is 0 Å². The molecule has 0 spiro atoms. The number of rotatable bonds is 7. The van der Waals surface area contributed by atoms with Gasteiger partial charge in [-0.15, -0.1) is 11.6 Å². The standard InChI is InChI=1S/C17H20ClO2PSi/c1-22(2,14-18)13-12-15-8-10-17(11-9-15)20-21-19-16-6-4-3-5-7-16/h3-13,21H,14H2,1-2H3/b13-12+. The van der Waals surface area contributed by atoms with Crippen molar-refractivity contribution in [3.63, 3.8) is 0 Å². The smallest absolute Gasteiger partial charge is 0.275 e. The fourth-order valence-corrected chi connectivity index (χ4v) is 3.13. The van der Waals surface area contributed by atoms with Gasteiger partial charge in [0, 0.05) is 5.50 Å². The maximum absolute atomic E-state index is 5.97. The van der Waals surface area contributed by atoms with Gasteiger partial charge < -0.3 is 9.05 Å². The molecule has 0 aromatic heterocycles. The highest BCUT2D eigenvalue weighted by Crippen LogP contribution is 2.25. The minimum absolute atomic E-state index is 0.0529. The Balaban J connectivity index is 1.84. The van der Waals surface area contributed by atoms with E-state index in [1.165, 1.54) is 0 Å². The summed E-state index contributed by atoms with van der Waals surface area (Å²) in [7, 11) is -1.45. The molecule has 0 N–H and O–H groups in total. The third-order valence-electron chi connectivity index (χ3n) is 3.01. The lowest BCUT2D eigenvalue weighted by Gasteiger charge is -2.12. The van der Waals surface area contributed by atoms with Crippen LogP contribution >= 0.6 is 20.6 Å². The second kappa shape index (κ2) is 8.38. The fraction of sp³-hybridized carbons (Fsp3) is 0.176. The molecule has 116 valence electrons. The molecule has 0 aliphatic rings. The monoisotopic (exact) mass is 350 g/mol. The molecule has 5 heteroatoms. The summed E-state index contributed by atoms with van der Waals surface area (Å²) in [6, 6.07) is 17.6. The highest BCUT2D eigenvalue weighted by molar-refractivity contribution is 7.27. The van der Waals surface area contributed by atoms with Gasteiger partial charge in [0.05, 0.1) is 8.07 Å². The van der Waals surface area contributed by atoms with E-state index in [0.29, 0.717) is 0 Å². The Kier molecular flexibility index (Phi) is 6.50. The first-order valence-electron chi connectivity index (χ1n) is 7.08. The molecule has 0 saturated heterocycles. The van der Waals surface area contributed by atoms with Gasteiger partial charge in [-0.25, -0.2) is 0 Å². The van der Waals surface area contributed by atoms with Gasteiger partial charge in [0.1, 0.15) is 11.5 Å². The lowest BCUT2D eigenvalue weighted by molar-refractivity contribution is 0.516. The van der Waals surface area contributed by atoms with E-state index < -0.39 is 8.07 Å². The van der Waals surface area contributed by atoms with Crippen LogP contribution in [-0.2, 0) is 0 Å². The van der Waals surface area contributed by atoms with Crippen molar-refractivity contribution in [3.8, 4) is 11.5 Å². The van der Waals surface area contributed by atoms with Gasteiger partial charge in [0.25, 0.3) is 9.03 Å². The van der Waals surface area contributed by atoms with E-state index in [9.17, 15) is 0 Å². The quantitative estimate of drug-likeness (QED) is 0.362. The molecule has 0 radical (unpaired) electrons. The largest absolute Gasteiger partial charge is 0.441 e. The number of halogens is 1. The molecule has 0 bridgehead atoms. The predicted octanol–water partition coefficient (Wildman–Crippen LogP) is 5.69. The van der Waals surface area contributed by atoms with Gasteiger partial charge in [-0.1, -0.05) is 55.2 Å². The van der Waals surface area contributed by atoms with E-state index in [4.69, 9.17) is 20.6 Å². The summed E-state index contributed by atoms with van der Waals surface area (Å²) in [6.07, 6.45) is 2.14. The van der Waals surface area contributed by atoms with Crippen LogP contribution in [0.1, 0.15) is 5.56 Å². The SMILES string of the molecule is C[Si](C)(/C=C/c1ccc(OPOc2ccccc2)cc1)CCl. The molecule has 0 saturated carbocycles. The zero-order chi connectivity index (χ0) is 15.8. The van der Waals surface area contributed by atoms with Crippen molar-refractivity contribution >= 4 is 34.8 Å². The van der Waals surface area contributed by atoms with Gasteiger partial charge in [-0.05, 0) is 29.8 Å². The van der Waals surface area contributed by atoms with Gasteiger partial charge >= 0.3 is 0 Å². The molecular weight excluding hydrogens is 331 g/mol. The van der Waals surface area contributed by atoms with Crippen LogP contribution in [0.2, 0.25) is 13.1 Å². The van der Waals surface area contributed by atoms with E-state index in [0.717, 1.165) is 22.6 Å². The summed E-state index contributed by atoms with van der Waals surface area (Å²) in [5.74, 6) is 1.62. The molecule has 2 aromatic carbocycles. The van der Waals surface area contributed by atoms with Crippen molar-refractivity contribution in [1.82, 2.24) is 0 Å². The van der Waals surface area contributed by atoms with Gasteiger partial charge in [0.15, 0.2) is 0 Å². The van der Waals surface area contributed by atoms with Crippen LogP contribution in [0.5, 0.6) is 11.5 Å². The Morgan fingerprint density at radius 3 is 2.14 bits per heavy atom. The van der Waals surface area contributed by atoms with Crippen molar-refractivity contribution < 1.29 is 9.05 Å². The first kappa shape index (κ1) is 17.1. The second-order valence-electron chi connectivity index (χ2n) is 5.63. The van der Waals surface area contributed by atoms with Crippen molar-refractivity contribution in [3.05, 3.63) is 65.9 Å². The first-order valence-corrected chi connectivity index (χ1v) is 11.7. The van der Waals surface area contributed by atoms with Crippen LogP contribution < -0.4 is 9.05 Å². The van der Waals surface area contributed by atoms with Crippen molar-refractivity contribution in [2.24, 2.45) is 0 Å². The molecular formula is C17H20ClO2PSi. The van der Waals surface area contributed by atoms with Crippen LogP contribution in [0.25, 0.3) is 6.08 Å². The molecule has 0 amide bonds. The molecule has 1 unspecified atom stereocenters. The van der Waals surface area contributed by atoms with E-state index in [1.54, 1.807) is 0 Å². The maximum atomic E-state index is 5.97. The van der Waals surface area contributed by atoms with Gasteiger partial charge in [-0.3, -0.25) is 0 Å². The second-order valence-corrected chi connectivity index (χ2v) is 11.6. The average Bonchev–Trinajstić information content (AvgIpc) is 2.55. The fourth-order valence-electron chi connectivity index (χ4n) is 1.62. The highest BCUT2D eigenvalue weighted by Gasteiger charge is 2.14. The third kappa shape index (κ3) is 5.84. The van der Waals surface area contributed by atoms with Gasteiger partial charge in [0.2, 0.25) is 0 Å². The Labute approximate surface area is 140 Å². The minimum atomic E-state index is -1.40. The van der Waals surface area contributed by atoms with Gasteiger partial charge in [-0.2, -0.15) is 0 Å². The summed E-state index contributed by atoms with van der Waals surface area (Å²) in [4.78, 5) is 0. The molecule has 2 rings (SSSR count). The summed E-state index contributed by atoms with van der Waals surface area (Å²) in [6.45, 7) is 4.49. The molecule has 2 aromatic rings. The third-order valence-corrected chi connectivity index (χ3v) is 7.48. The van der Waals surface area contributed by atoms with Crippen LogP contribution in [-0.4, -0.2) is 13.6 Å². The Morgan fingerprint density at radius 1 is 0.955 bits per heavy atom. The number of para-hydroxylation sites is 1. The lowest BCUT2D eigenvalue weighted by atomic mass is 10.2. The molecule has 22 heavy (non-hydrogen) atoms. The number of benzene rings is 2. The van der Waals surface area contributed by atoms with Crippen molar-refractivity contribution in [2.75, 3.05) is 5.50 Å². The zero-order valence-corrected chi connectivity index (χ0v) is 15.5. The van der Waals surface area contributed by atoms with E-state index >= 15 is 0 Å². The van der Waals surface area contributed by atoms with Crippen molar-refractivity contribution in [2.45, 2.75) is 13.1 Å². The molecule has 0 aliphatic heterocycles. The average molecular weight is 351 g/mol. The number of alkyl halides is 1. The van der Waals surface area contributed by atoms with E-state index in [-0.39, 0.29) is 9.03 Å². The summed E-state index contributed by atoms with van der Waals surface area (Å²) in [5, 5.41) is 0. The summed E-state index contributed by atoms with van der Waals surface area (Å²) in [5.41, 5.74) is 4.16. The molecule has 2 nitrogen and oxygen atoms in total. The van der Waals surface area contributed by atoms with E-state index in [1.807, 2.05) is 54.6 Å². The number of hydrogen-bond acceptors (Lipinski definition) is 2. The lowest BCUT2D eigenvalue weighted by Crippen LogP contribution is -2.25. The zero-order valence-electron chi connectivity index (χ0n) is 12.8. The normalized spacial score (nSPS) is 12.1. The topological polar surface area (TPSA) is 18.5 Å². The minimum Gasteiger partial charge on any atom is -0.441 e. The molecule has 1 atom stereocenters. The highest BCUT2D eigenvalue weighted by atomic mass is 35.5. The predicted molar refractivity (Wildman–Crippen MR) is 99.7 cm³/mol. The number of hydrogen-bond donors (Lipinski definition) is 0.